The summed E-state index contributed by atoms with van der Waals surface area (Å²) >= 11 is 0. The lowest BCUT2D eigenvalue weighted by Gasteiger charge is -2.06. The number of aromatic nitrogens is 2. The Hall–Kier alpha value is -3.47. The summed E-state index contributed by atoms with van der Waals surface area (Å²) in [6.07, 6.45) is 0. The van der Waals surface area contributed by atoms with E-state index < -0.39 is 0 Å². The molecule has 27 heavy (non-hydrogen) atoms. The standard InChI is InChI=1S/C22H18FN3O/c23-18-12-10-16(11-13-18)14-24-21(27)15-26-20-9-5-4-8-19(20)22(25-26)17-6-2-1-3-7-17/h1-13H,14-15H2,(H,24,27). The molecule has 0 saturated carbocycles. The van der Waals surface area contributed by atoms with Gasteiger partial charge in [-0.25, -0.2) is 4.39 Å². The van der Waals surface area contributed by atoms with Gasteiger partial charge in [0, 0.05) is 17.5 Å². The molecule has 0 saturated heterocycles. The van der Waals surface area contributed by atoms with Crippen molar-refractivity contribution in [3.63, 3.8) is 0 Å². The third kappa shape index (κ3) is 3.72. The summed E-state index contributed by atoms with van der Waals surface area (Å²) in [5, 5.41) is 8.54. The van der Waals surface area contributed by atoms with E-state index in [1.807, 2.05) is 54.6 Å². The first-order chi connectivity index (χ1) is 13.2. The predicted octanol–water partition coefficient (Wildman–Crippen LogP) is 4.16. The molecule has 4 aromatic rings. The molecule has 1 heterocycles. The molecule has 0 aliphatic rings. The minimum absolute atomic E-state index is 0.120. The van der Waals surface area contributed by atoms with Crippen molar-refractivity contribution in [1.29, 1.82) is 0 Å². The molecule has 4 nitrogen and oxygen atoms in total. The van der Waals surface area contributed by atoms with Gasteiger partial charge in [0.2, 0.25) is 5.91 Å². The average molecular weight is 359 g/mol. The number of amides is 1. The lowest BCUT2D eigenvalue weighted by Crippen LogP contribution is -2.27. The van der Waals surface area contributed by atoms with Crippen LogP contribution in [0.3, 0.4) is 0 Å². The molecule has 134 valence electrons. The van der Waals surface area contributed by atoms with E-state index in [1.165, 1.54) is 12.1 Å². The van der Waals surface area contributed by atoms with Crippen molar-refractivity contribution in [3.05, 3.63) is 90.2 Å². The Labute approximate surface area is 156 Å². The molecule has 3 aromatic carbocycles. The molecule has 0 atom stereocenters. The van der Waals surface area contributed by atoms with Crippen LogP contribution in [-0.2, 0) is 17.9 Å². The largest absolute Gasteiger partial charge is 0.350 e. The Morgan fingerprint density at radius 2 is 1.63 bits per heavy atom. The zero-order valence-electron chi connectivity index (χ0n) is 14.6. The zero-order valence-corrected chi connectivity index (χ0v) is 14.6. The third-order valence-corrected chi connectivity index (χ3v) is 4.40. The Kier molecular flexibility index (Phi) is 4.66. The lowest BCUT2D eigenvalue weighted by molar-refractivity contribution is -0.121. The Morgan fingerprint density at radius 3 is 2.41 bits per heavy atom. The van der Waals surface area contributed by atoms with Gasteiger partial charge in [0.05, 0.1) is 5.52 Å². The Morgan fingerprint density at radius 1 is 0.926 bits per heavy atom. The van der Waals surface area contributed by atoms with Crippen LogP contribution < -0.4 is 5.32 Å². The second kappa shape index (κ2) is 7.41. The molecule has 0 bridgehead atoms. The summed E-state index contributed by atoms with van der Waals surface area (Å²) in [6, 6.07) is 23.9. The van der Waals surface area contributed by atoms with Gasteiger partial charge in [-0.15, -0.1) is 0 Å². The third-order valence-electron chi connectivity index (χ3n) is 4.40. The molecular weight excluding hydrogens is 341 g/mol. The van der Waals surface area contributed by atoms with E-state index in [9.17, 15) is 9.18 Å². The normalized spacial score (nSPS) is 10.9. The number of carbonyl (C=O) groups is 1. The number of nitrogens with zero attached hydrogens (tertiary/aromatic N) is 2. The maximum atomic E-state index is 13.0. The molecule has 0 aliphatic carbocycles. The van der Waals surface area contributed by atoms with Crippen LogP contribution in [0.25, 0.3) is 22.2 Å². The van der Waals surface area contributed by atoms with Gasteiger partial charge in [-0.3, -0.25) is 9.48 Å². The fourth-order valence-electron chi connectivity index (χ4n) is 3.05. The number of rotatable bonds is 5. The van der Waals surface area contributed by atoms with Crippen molar-refractivity contribution in [2.75, 3.05) is 0 Å². The van der Waals surface area contributed by atoms with E-state index in [-0.39, 0.29) is 18.3 Å². The van der Waals surface area contributed by atoms with Gasteiger partial charge in [0.15, 0.2) is 0 Å². The highest BCUT2D eigenvalue weighted by Gasteiger charge is 2.13. The lowest BCUT2D eigenvalue weighted by atomic mass is 10.1. The topological polar surface area (TPSA) is 46.9 Å². The highest BCUT2D eigenvalue weighted by molar-refractivity contribution is 5.94. The van der Waals surface area contributed by atoms with Crippen molar-refractivity contribution in [1.82, 2.24) is 15.1 Å². The van der Waals surface area contributed by atoms with Gasteiger partial charge < -0.3 is 5.32 Å². The summed E-state index contributed by atoms with van der Waals surface area (Å²) < 4.78 is 14.7. The van der Waals surface area contributed by atoms with Gasteiger partial charge in [0.25, 0.3) is 0 Å². The second-order valence-corrected chi connectivity index (χ2v) is 6.29. The molecule has 0 unspecified atom stereocenters. The minimum atomic E-state index is -0.290. The van der Waals surface area contributed by atoms with E-state index >= 15 is 0 Å². The van der Waals surface area contributed by atoms with Crippen LogP contribution in [0.2, 0.25) is 0 Å². The minimum Gasteiger partial charge on any atom is -0.350 e. The number of hydrogen-bond donors (Lipinski definition) is 1. The number of fused-ring (bicyclic) bond motifs is 1. The van der Waals surface area contributed by atoms with Crippen LogP contribution in [0.1, 0.15) is 5.56 Å². The summed E-state index contributed by atoms with van der Waals surface area (Å²) in [5.41, 5.74) is 3.63. The summed E-state index contributed by atoms with van der Waals surface area (Å²) in [4.78, 5) is 12.4. The Balaban J connectivity index is 1.55. The molecule has 0 spiro atoms. The molecule has 0 fully saturated rings. The van der Waals surface area contributed by atoms with Crippen LogP contribution in [0, 0.1) is 5.82 Å². The van der Waals surface area contributed by atoms with Crippen LogP contribution in [-0.4, -0.2) is 15.7 Å². The van der Waals surface area contributed by atoms with Gasteiger partial charge in [-0.05, 0) is 23.8 Å². The summed E-state index contributed by atoms with van der Waals surface area (Å²) in [7, 11) is 0. The van der Waals surface area contributed by atoms with E-state index in [0.29, 0.717) is 6.54 Å². The highest BCUT2D eigenvalue weighted by Crippen LogP contribution is 2.27. The number of benzene rings is 3. The summed E-state index contributed by atoms with van der Waals surface area (Å²) in [6.45, 7) is 0.471. The fourth-order valence-corrected chi connectivity index (χ4v) is 3.05. The molecule has 5 heteroatoms. The number of halogens is 1. The van der Waals surface area contributed by atoms with Crippen LogP contribution in [0.5, 0.6) is 0 Å². The molecule has 0 aliphatic heterocycles. The quantitative estimate of drug-likeness (QED) is 0.582. The maximum absolute atomic E-state index is 13.0. The first-order valence-corrected chi connectivity index (χ1v) is 8.73. The fraction of sp³-hybridized carbons (Fsp3) is 0.0909. The van der Waals surface area contributed by atoms with Crippen LogP contribution in [0.15, 0.2) is 78.9 Å². The van der Waals surface area contributed by atoms with Gasteiger partial charge in [-0.1, -0.05) is 60.7 Å². The number of para-hydroxylation sites is 1. The van der Waals surface area contributed by atoms with Crippen LogP contribution in [0.4, 0.5) is 4.39 Å². The smallest absolute Gasteiger partial charge is 0.242 e. The number of hydrogen-bond acceptors (Lipinski definition) is 2. The summed E-state index contributed by atoms with van der Waals surface area (Å²) in [5.74, 6) is -0.436. The molecule has 0 radical (unpaired) electrons. The average Bonchev–Trinajstić information content (AvgIpc) is 3.07. The van der Waals surface area contributed by atoms with Crippen molar-refractivity contribution in [2.45, 2.75) is 13.1 Å². The van der Waals surface area contributed by atoms with E-state index in [4.69, 9.17) is 0 Å². The van der Waals surface area contributed by atoms with E-state index in [1.54, 1.807) is 16.8 Å². The van der Waals surface area contributed by atoms with Crippen molar-refractivity contribution >= 4 is 16.8 Å². The van der Waals surface area contributed by atoms with Crippen molar-refractivity contribution in [2.24, 2.45) is 0 Å². The van der Waals surface area contributed by atoms with E-state index in [0.717, 1.165) is 27.7 Å². The van der Waals surface area contributed by atoms with Crippen molar-refractivity contribution < 1.29 is 9.18 Å². The number of nitrogens with one attached hydrogen (secondary N) is 1. The first-order valence-electron chi connectivity index (χ1n) is 8.73. The van der Waals surface area contributed by atoms with Crippen LogP contribution >= 0.6 is 0 Å². The molecule has 1 aromatic heterocycles. The van der Waals surface area contributed by atoms with Gasteiger partial charge in [-0.2, -0.15) is 5.10 Å². The molecule has 1 amide bonds. The SMILES string of the molecule is O=C(Cn1nc(-c2ccccc2)c2ccccc21)NCc1ccc(F)cc1. The van der Waals surface area contributed by atoms with Gasteiger partial charge in [0.1, 0.15) is 18.1 Å². The van der Waals surface area contributed by atoms with Crippen molar-refractivity contribution in [3.8, 4) is 11.3 Å². The molecule has 4 rings (SSSR count). The predicted molar refractivity (Wildman–Crippen MR) is 103 cm³/mol. The zero-order chi connectivity index (χ0) is 18.6. The highest BCUT2D eigenvalue weighted by atomic mass is 19.1. The molecular formula is C22H18FN3O. The van der Waals surface area contributed by atoms with E-state index in [2.05, 4.69) is 10.4 Å². The monoisotopic (exact) mass is 359 g/mol. The first kappa shape index (κ1) is 17.0. The maximum Gasteiger partial charge on any atom is 0.242 e. The van der Waals surface area contributed by atoms with Gasteiger partial charge >= 0.3 is 0 Å². The second-order valence-electron chi connectivity index (χ2n) is 6.29. The number of carbonyl (C=O) groups excluding carboxylic acids is 1. The Bertz CT molecular complexity index is 1070. The molecule has 1 N–H and O–H groups in total.